The van der Waals surface area contributed by atoms with E-state index in [1.165, 1.54) is 13.1 Å². The Morgan fingerprint density at radius 3 is 2.50 bits per heavy atom. The van der Waals surface area contributed by atoms with Crippen LogP contribution in [0.25, 0.3) is 11.3 Å². The summed E-state index contributed by atoms with van der Waals surface area (Å²) in [6.45, 7) is 6.63. The van der Waals surface area contributed by atoms with E-state index in [0.29, 0.717) is 29.9 Å². The number of hydrazine groups is 2. The third-order valence-electron chi connectivity index (χ3n) is 7.41. The molecule has 0 saturated heterocycles. The van der Waals surface area contributed by atoms with Crippen molar-refractivity contribution in [3.05, 3.63) is 82.1 Å². The number of hydrogen-bond acceptors (Lipinski definition) is 7. The molecule has 5 rings (SSSR count). The molecule has 4 heterocycles. The highest BCUT2D eigenvalue weighted by atomic mass is 19.4. The summed E-state index contributed by atoms with van der Waals surface area (Å²) in [5, 5.41) is 8.63. The first-order valence-electron chi connectivity index (χ1n) is 12.8. The van der Waals surface area contributed by atoms with Gasteiger partial charge in [-0.15, -0.1) is 5.53 Å². The van der Waals surface area contributed by atoms with Crippen molar-refractivity contribution in [1.29, 1.82) is 0 Å². The number of hydrogen-bond donors (Lipinski definition) is 3. The van der Waals surface area contributed by atoms with E-state index in [4.69, 9.17) is 0 Å². The Morgan fingerprint density at radius 2 is 1.85 bits per heavy atom. The zero-order valence-corrected chi connectivity index (χ0v) is 22.9. The molecule has 2 aliphatic rings. The molecule has 0 fully saturated rings. The normalized spacial score (nSPS) is 16.1. The molecular formula is C28H31F3N8O. The van der Waals surface area contributed by atoms with Gasteiger partial charge in [0.05, 0.1) is 34.4 Å². The number of carbonyl (C=O) groups excluding carboxylic acids is 1. The summed E-state index contributed by atoms with van der Waals surface area (Å²) in [4.78, 5) is 19.7. The fourth-order valence-electron chi connectivity index (χ4n) is 4.87. The van der Waals surface area contributed by atoms with Crippen molar-refractivity contribution in [3.63, 3.8) is 0 Å². The highest BCUT2D eigenvalue weighted by molar-refractivity contribution is 6.05. The van der Waals surface area contributed by atoms with Crippen LogP contribution in [0.2, 0.25) is 0 Å². The van der Waals surface area contributed by atoms with E-state index >= 15 is 0 Å². The standard InChI is InChI=1S/C28H31F3N8O/c1-16-22(19-6-8-37(4)9-7-19)11-21(12-24(16)28(29,30)31)34-27(40)20-10-26(17(2)32-13-20)39-15-25(35-36-39)23-14-33-38(5)18(23)3/h6,10-15,35-36H,7-9H2,1-5H3,(H,34,40). The van der Waals surface area contributed by atoms with Crippen LogP contribution in [0.3, 0.4) is 0 Å². The maximum atomic E-state index is 14.0. The highest BCUT2D eigenvalue weighted by Crippen LogP contribution is 2.38. The molecule has 0 spiro atoms. The summed E-state index contributed by atoms with van der Waals surface area (Å²) in [7, 11) is 3.82. The number of rotatable bonds is 5. The largest absolute Gasteiger partial charge is 0.416 e. The number of alkyl halides is 3. The molecule has 0 radical (unpaired) electrons. The Morgan fingerprint density at radius 1 is 1.07 bits per heavy atom. The zero-order chi connectivity index (χ0) is 28.8. The van der Waals surface area contributed by atoms with Crippen LogP contribution in [0, 0.1) is 20.8 Å². The second-order valence-corrected chi connectivity index (χ2v) is 10.1. The van der Waals surface area contributed by atoms with Gasteiger partial charge in [0.15, 0.2) is 0 Å². The van der Waals surface area contributed by atoms with Crippen LogP contribution in [0.1, 0.15) is 50.4 Å². The fourth-order valence-corrected chi connectivity index (χ4v) is 4.87. The van der Waals surface area contributed by atoms with E-state index < -0.39 is 17.6 Å². The van der Waals surface area contributed by atoms with Gasteiger partial charge < -0.3 is 15.6 Å². The molecule has 2 aromatic heterocycles. The van der Waals surface area contributed by atoms with Crippen molar-refractivity contribution in [2.24, 2.45) is 7.05 Å². The van der Waals surface area contributed by atoms with Gasteiger partial charge in [0.25, 0.3) is 5.91 Å². The van der Waals surface area contributed by atoms with E-state index in [1.54, 1.807) is 34.9 Å². The Labute approximate surface area is 230 Å². The second-order valence-electron chi connectivity index (χ2n) is 10.1. The Hall–Kier alpha value is -4.16. The number of nitrogens with one attached hydrogen (secondary N) is 3. The number of likely N-dealkylation sites (N-methyl/N-ethyl adjacent to an activating group) is 1. The molecule has 0 aliphatic carbocycles. The summed E-state index contributed by atoms with van der Waals surface area (Å²) >= 11 is 0. The number of pyridine rings is 1. The van der Waals surface area contributed by atoms with E-state index in [-0.39, 0.29) is 16.8 Å². The van der Waals surface area contributed by atoms with Crippen LogP contribution in [0.15, 0.2) is 42.9 Å². The molecule has 0 bridgehead atoms. The molecule has 1 aromatic carbocycles. The molecule has 40 heavy (non-hydrogen) atoms. The number of halogens is 3. The number of carbonyl (C=O) groups is 1. The summed E-state index contributed by atoms with van der Waals surface area (Å²) in [5.41, 5.74) is 11.1. The van der Waals surface area contributed by atoms with Gasteiger partial charge in [0.1, 0.15) is 0 Å². The zero-order valence-electron chi connectivity index (χ0n) is 22.9. The number of nitrogens with zero attached hydrogens (tertiary/aromatic N) is 5. The van der Waals surface area contributed by atoms with Crippen molar-refractivity contribution in [1.82, 2.24) is 30.6 Å². The Bertz CT molecular complexity index is 1540. The van der Waals surface area contributed by atoms with Gasteiger partial charge in [0, 0.05) is 49.5 Å². The smallest absolute Gasteiger partial charge is 0.322 e. The predicted molar refractivity (Wildman–Crippen MR) is 148 cm³/mol. The third-order valence-corrected chi connectivity index (χ3v) is 7.41. The van der Waals surface area contributed by atoms with Gasteiger partial charge in [-0.2, -0.15) is 18.3 Å². The maximum absolute atomic E-state index is 14.0. The molecule has 1 amide bonds. The minimum Gasteiger partial charge on any atom is -0.322 e. The lowest BCUT2D eigenvalue weighted by Gasteiger charge is -2.25. The molecular weight excluding hydrogens is 521 g/mol. The lowest BCUT2D eigenvalue weighted by Crippen LogP contribution is -2.36. The second kappa shape index (κ2) is 10.4. The van der Waals surface area contributed by atoms with E-state index in [0.717, 1.165) is 35.1 Å². The number of benzene rings is 1. The highest BCUT2D eigenvalue weighted by Gasteiger charge is 2.34. The fraction of sp³-hybridized carbons (Fsp3) is 0.321. The van der Waals surface area contributed by atoms with Gasteiger partial charge >= 0.3 is 6.18 Å². The Balaban J connectivity index is 1.44. The van der Waals surface area contributed by atoms with E-state index in [9.17, 15) is 18.0 Å². The number of anilines is 2. The molecule has 12 heteroatoms. The molecule has 0 unspecified atom stereocenters. The first-order valence-corrected chi connectivity index (χ1v) is 12.8. The minimum absolute atomic E-state index is 0.0788. The van der Waals surface area contributed by atoms with Gasteiger partial charge in [-0.1, -0.05) is 6.08 Å². The summed E-state index contributed by atoms with van der Waals surface area (Å²) in [6.07, 6.45) is 3.00. The third kappa shape index (κ3) is 5.32. The maximum Gasteiger partial charge on any atom is 0.416 e. The van der Waals surface area contributed by atoms with Crippen molar-refractivity contribution in [2.45, 2.75) is 33.4 Å². The monoisotopic (exact) mass is 552 g/mol. The molecule has 9 nitrogen and oxygen atoms in total. The topological polar surface area (TPSA) is 90.4 Å². The van der Waals surface area contributed by atoms with Crippen LogP contribution >= 0.6 is 0 Å². The van der Waals surface area contributed by atoms with Gasteiger partial charge in [-0.3, -0.25) is 19.5 Å². The van der Waals surface area contributed by atoms with Crippen LogP contribution in [0.5, 0.6) is 0 Å². The van der Waals surface area contributed by atoms with Gasteiger partial charge in [0.2, 0.25) is 0 Å². The van der Waals surface area contributed by atoms with E-state index in [1.807, 2.05) is 33.3 Å². The first kappa shape index (κ1) is 27.4. The lowest BCUT2D eigenvalue weighted by atomic mass is 9.91. The molecule has 3 aromatic rings. The minimum atomic E-state index is -4.56. The average molecular weight is 553 g/mol. The molecule has 0 atom stereocenters. The number of aromatic nitrogens is 3. The summed E-state index contributed by atoms with van der Waals surface area (Å²) in [6, 6.07) is 4.26. The van der Waals surface area contributed by atoms with Crippen molar-refractivity contribution in [3.8, 4) is 0 Å². The van der Waals surface area contributed by atoms with Crippen LogP contribution in [-0.4, -0.2) is 45.7 Å². The predicted octanol–water partition coefficient (Wildman–Crippen LogP) is 4.56. The molecule has 0 saturated carbocycles. The van der Waals surface area contributed by atoms with Gasteiger partial charge in [-0.25, -0.2) is 0 Å². The van der Waals surface area contributed by atoms with Crippen LogP contribution in [-0.2, 0) is 13.2 Å². The van der Waals surface area contributed by atoms with Crippen molar-refractivity contribution >= 4 is 28.6 Å². The Kier molecular flexibility index (Phi) is 7.15. The number of amides is 1. The van der Waals surface area contributed by atoms with Crippen LogP contribution in [0.4, 0.5) is 24.5 Å². The van der Waals surface area contributed by atoms with E-state index in [2.05, 4.69) is 31.3 Å². The molecule has 210 valence electrons. The van der Waals surface area contributed by atoms with Crippen molar-refractivity contribution < 1.29 is 18.0 Å². The SMILES string of the molecule is Cc1ncc(C(=O)Nc2cc(C3=CCN(C)CC3)c(C)c(C(F)(F)F)c2)cc1N1C=C(c2cnn(C)c2C)NN1. The quantitative estimate of drug-likeness (QED) is 0.428. The molecule has 2 aliphatic heterocycles. The van der Waals surface area contributed by atoms with Crippen LogP contribution < -0.4 is 21.3 Å². The lowest BCUT2D eigenvalue weighted by molar-refractivity contribution is -0.138. The molecule has 3 N–H and O–H groups in total. The summed E-state index contributed by atoms with van der Waals surface area (Å²) < 4.78 is 43.7. The van der Waals surface area contributed by atoms with Crippen molar-refractivity contribution in [2.75, 3.05) is 30.5 Å². The average Bonchev–Trinajstić information content (AvgIpc) is 3.51. The first-order chi connectivity index (χ1) is 18.9. The number of aryl methyl sites for hydroxylation is 2. The summed E-state index contributed by atoms with van der Waals surface area (Å²) in [5.74, 6) is -0.562. The van der Waals surface area contributed by atoms with Gasteiger partial charge in [-0.05, 0) is 69.1 Å².